The summed E-state index contributed by atoms with van der Waals surface area (Å²) in [6.45, 7) is 0.373. The van der Waals surface area contributed by atoms with Gasteiger partial charge >= 0.3 is 0 Å². The van der Waals surface area contributed by atoms with E-state index in [9.17, 15) is 9.18 Å². The number of amides is 1. The summed E-state index contributed by atoms with van der Waals surface area (Å²) in [6.07, 6.45) is 0.838. The second-order valence-electron chi connectivity index (χ2n) is 5.44. The number of rotatable bonds is 7. The third kappa shape index (κ3) is 4.26. The lowest BCUT2D eigenvalue weighted by Crippen LogP contribution is -2.13. The molecule has 0 unspecified atom stereocenters. The summed E-state index contributed by atoms with van der Waals surface area (Å²) in [5, 5.41) is 10.6. The molecule has 130 valence electrons. The van der Waals surface area contributed by atoms with Gasteiger partial charge in [0.25, 0.3) is 0 Å². The topological polar surface area (TPSA) is 76.2 Å². The summed E-state index contributed by atoms with van der Waals surface area (Å²) in [5.41, 5.74) is 0.786. The molecule has 2 N–H and O–H groups in total. The van der Waals surface area contributed by atoms with Crippen LogP contribution in [0.15, 0.2) is 42.5 Å². The quantitative estimate of drug-likeness (QED) is 0.644. The number of nitrogens with zero attached hydrogens (tertiary/aromatic N) is 1. The minimum atomic E-state index is -0.310. The van der Waals surface area contributed by atoms with Crippen LogP contribution in [0, 0.1) is 5.82 Å². The molecule has 0 aliphatic rings. The Bertz CT molecular complexity index is 862. The third-order valence-electron chi connectivity index (χ3n) is 3.66. The van der Waals surface area contributed by atoms with Gasteiger partial charge in [-0.3, -0.25) is 9.89 Å². The molecular formula is C18H18FN3O3. The molecular weight excluding hydrogens is 325 g/mol. The van der Waals surface area contributed by atoms with E-state index < -0.39 is 0 Å². The van der Waals surface area contributed by atoms with Crippen LogP contribution >= 0.6 is 0 Å². The molecule has 6 nitrogen and oxygen atoms in total. The molecule has 1 heterocycles. The number of carbonyl (C=O) groups excluding carboxylic acids is 1. The van der Waals surface area contributed by atoms with Crippen molar-refractivity contribution in [2.45, 2.75) is 12.8 Å². The number of nitrogens with one attached hydrogen (secondary N) is 2. The van der Waals surface area contributed by atoms with Gasteiger partial charge in [0.15, 0.2) is 5.82 Å². The predicted octanol–water partition coefficient (Wildman–Crippen LogP) is 3.51. The fraction of sp³-hybridized carbons (Fsp3) is 0.222. The van der Waals surface area contributed by atoms with Gasteiger partial charge in [0.05, 0.1) is 19.2 Å². The number of H-pyrrole nitrogens is 1. The summed E-state index contributed by atoms with van der Waals surface area (Å²) in [5.74, 6) is 1.32. The van der Waals surface area contributed by atoms with Crippen LogP contribution in [0.1, 0.15) is 12.8 Å². The van der Waals surface area contributed by atoms with Gasteiger partial charge in [0, 0.05) is 17.9 Å². The van der Waals surface area contributed by atoms with Crippen LogP contribution in [0.4, 0.5) is 10.2 Å². The first-order chi connectivity index (χ1) is 12.2. The van der Waals surface area contributed by atoms with E-state index in [1.807, 2.05) is 18.2 Å². The normalized spacial score (nSPS) is 10.6. The molecule has 3 rings (SSSR count). The van der Waals surface area contributed by atoms with E-state index in [1.54, 1.807) is 19.2 Å². The number of anilines is 1. The highest BCUT2D eigenvalue weighted by atomic mass is 19.1. The van der Waals surface area contributed by atoms with Gasteiger partial charge in [0.2, 0.25) is 5.91 Å². The van der Waals surface area contributed by atoms with Crippen LogP contribution < -0.4 is 14.8 Å². The number of aromatic nitrogens is 2. The van der Waals surface area contributed by atoms with Crippen LogP contribution in [-0.4, -0.2) is 29.8 Å². The molecule has 1 aromatic heterocycles. The van der Waals surface area contributed by atoms with Crippen molar-refractivity contribution in [2.75, 3.05) is 19.0 Å². The molecule has 0 radical (unpaired) electrons. The number of hydrogen-bond donors (Lipinski definition) is 2. The number of aromatic amines is 1. The smallest absolute Gasteiger partial charge is 0.225 e. The van der Waals surface area contributed by atoms with E-state index in [0.717, 1.165) is 10.9 Å². The maximum absolute atomic E-state index is 12.8. The molecule has 0 bridgehead atoms. The fourth-order valence-corrected chi connectivity index (χ4v) is 2.37. The third-order valence-corrected chi connectivity index (χ3v) is 3.66. The second-order valence-corrected chi connectivity index (χ2v) is 5.44. The number of halogens is 1. The van der Waals surface area contributed by atoms with Crippen molar-refractivity contribution in [3.05, 3.63) is 48.3 Å². The van der Waals surface area contributed by atoms with Crippen LogP contribution in [0.2, 0.25) is 0 Å². The first-order valence-corrected chi connectivity index (χ1v) is 7.86. The summed E-state index contributed by atoms with van der Waals surface area (Å²) in [6, 6.07) is 11.2. The van der Waals surface area contributed by atoms with Crippen LogP contribution in [0.25, 0.3) is 10.9 Å². The molecule has 0 fully saturated rings. The largest absolute Gasteiger partial charge is 0.497 e. The molecule has 25 heavy (non-hydrogen) atoms. The maximum atomic E-state index is 12.8. The average Bonchev–Trinajstić information content (AvgIpc) is 3.02. The van der Waals surface area contributed by atoms with Crippen molar-refractivity contribution < 1.29 is 18.7 Å². The van der Waals surface area contributed by atoms with Gasteiger partial charge in [-0.2, -0.15) is 5.10 Å². The van der Waals surface area contributed by atoms with Crippen LogP contribution in [0.3, 0.4) is 0 Å². The lowest BCUT2D eigenvalue weighted by Gasteiger charge is -2.06. The summed E-state index contributed by atoms with van der Waals surface area (Å²) >= 11 is 0. The Morgan fingerprint density at radius 1 is 1.20 bits per heavy atom. The maximum Gasteiger partial charge on any atom is 0.225 e. The van der Waals surface area contributed by atoms with E-state index in [2.05, 4.69) is 15.5 Å². The molecule has 2 aromatic carbocycles. The van der Waals surface area contributed by atoms with Crippen LogP contribution in [-0.2, 0) is 4.79 Å². The predicted molar refractivity (Wildman–Crippen MR) is 92.4 cm³/mol. The zero-order valence-electron chi connectivity index (χ0n) is 13.7. The van der Waals surface area contributed by atoms with Gasteiger partial charge < -0.3 is 14.8 Å². The van der Waals surface area contributed by atoms with E-state index in [4.69, 9.17) is 9.47 Å². The second kappa shape index (κ2) is 7.65. The van der Waals surface area contributed by atoms with Crippen molar-refractivity contribution in [3.8, 4) is 11.5 Å². The van der Waals surface area contributed by atoms with Gasteiger partial charge in [-0.05, 0) is 42.8 Å². The molecule has 0 saturated carbocycles. The summed E-state index contributed by atoms with van der Waals surface area (Å²) < 4.78 is 23.4. The van der Waals surface area contributed by atoms with Gasteiger partial charge in [-0.15, -0.1) is 0 Å². The Morgan fingerprint density at radius 3 is 2.72 bits per heavy atom. The van der Waals surface area contributed by atoms with Crippen molar-refractivity contribution in [1.82, 2.24) is 10.2 Å². The van der Waals surface area contributed by atoms with E-state index >= 15 is 0 Å². The molecule has 0 saturated heterocycles. The van der Waals surface area contributed by atoms with Gasteiger partial charge in [-0.1, -0.05) is 0 Å². The lowest BCUT2D eigenvalue weighted by molar-refractivity contribution is -0.116. The lowest BCUT2D eigenvalue weighted by atomic mass is 10.2. The Kier molecular flexibility index (Phi) is 5.13. The highest BCUT2D eigenvalue weighted by molar-refractivity contribution is 5.99. The number of benzene rings is 2. The first kappa shape index (κ1) is 16.8. The highest BCUT2D eigenvalue weighted by Crippen LogP contribution is 2.24. The SMILES string of the molecule is COc1ccc2c(NC(=O)CCCOc3ccc(F)cc3)n[nH]c2c1. The summed E-state index contributed by atoms with van der Waals surface area (Å²) in [7, 11) is 1.59. The number of methoxy groups -OCH3 is 1. The Balaban J connectivity index is 1.48. The fourth-order valence-electron chi connectivity index (χ4n) is 2.37. The van der Waals surface area contributed by atoms with Crippen molar-refractivity contribution >= 4 is 22.6 Å². The Hall–Kier alpha value is -3.09. The average molecular weight is 343 g/mol. The van der Waals surface area contributed by atoms with E-state index in [-0.39, 0.29) is 11.7 Å². The monoisotopic (exact) mass is 343 g/mol. The minimum absolute atomic E-state index is 0.146. The van der Waals surface area contributed by atoms with Crippen molar-refractivity contribution in [2.24, 2.45) is 0 Å². The van der Waals surface area contributed by atoms with Gasteiger partial charge in [-0.25, -0.2) is 4.39 Å². The van der Waals surface area contributed by atoms with E-state index in [0.29, 0.717) is 36.8 Å². The standard InChI is InChI=1S/C18H18FN3O3/c1-24-14-8-9-15-16(11-14)21-22-18(15)20-17(23)3-2-10-25-13-6-4-12(19)5-7-13/h4-9,11H,2-3,10H2,1H3,(H2,20,21,22,23). The molecule has 0 atom stereocenters. The molecule has 0 spiro atoms. The highest BCUT2D eigenvalue weighted by Gasteiger charge is 2.10. The molecule has 1 amide bonds. The summed E-state index contributed by atoms with van der Waals surface area (Å²) in [4.78, 5) is 12.0. The zero-order chi connectivity index (χ0) is 17.6. The van der Waals surface area contributed by atoms with E-state index in [1.165, 1.54) is 12.1 Å². The molecule has 0 aliphatic heterocycles. The molecule has 3 aromatic rings. The molecule has 0 aliphatic carbocycles. The number of carbonyl (C=O) groups is 1. The molecule has 7 heteroatoms. The Labute approximate surface area is 143 Å². The zero-order valence-corrected chi connectivity index (χ0v) is 13.7. The number of hydrogen-bond acceptors (Lipinski definition) is 4. The Morgan fingerprint density at radius 2 is 1.96 bits per heavy atom. The van der Waals surface area contributed by atoms with Crippen molar-refractivity contribution in [3.63, 3.8) is 0 Å². The number of fused-ring (bicyclic) bond motifs is 1. The number of ether oxygens (including phenoxy) is 2. The minimum Gasteiger partial charge on any atom is -0.497 e. The van der Waals surface area contributed by atoms with Gasteiger partial charge in [0.1, 0.15) is 17.3 Å². The van der Waals surface area contributed by atoms with Crippen LogP contribution in [0.5, 0.6) is 11.5 Å². The first-order valence-electron chi connectivity index (χ1n) is 7.86. The van der Waals surface area contributed by atoms with Crippen molar-refractivity contribution in [1.29, 1.82) is 0 Å².